The first kappa shape index (κ1) is 20.2. The van der Waals surface area contributed by atoms with Gasteiger partial charge < -0.3 is 28.8 Å². The number of phenolic OH excluding ortho intramolecular Hbond substituents is 1. The van der Waals surface area contributed by atoms with Gasteiger partial charge in [0.05, 0.1) is 19.1 Å². The number of hydrogen-bond donors (Lipinski definition) is 1. The lowest BCUT2D eigenvalue weighted by Gasteiger charge is -2.26. The highest BCUT2D eigenvalue weighted by Gasteiger charge is 2.39. The minimum Gasteiger partial charge on any atom is -0.504 e. The molecule has 0 spiro atoms. The van der Waals surface area contributed by atoms with E-state index in [0.29, 0.717) is 45.4 Å². The minimum absolute atomic E-state index is 0.0491. The summed E-state index contributed by atoms with van der Waals surface area (Å²) in [5.74, 6) is 1.28. The molecule has 0 fully saturated rings. The Hall–Kier alpha value is -4.46. The second-order valence-corrected chi connectivity index (χ2v) is 8.07. The number of aromatic hydroxyl groups is 1. The third-order valence-electron chi connectivity index (χ3n) is 6.08. The highest BCUT2D eigenvalue weighted by molar-refractivity contribution is 6.15. The Morgan fingerprint density at radius 1 is 0.971 bits per heavy atom. The first-order valence-corrected chi connectivity index (χ1v) is 10.6. The molecule has 0 saturated carbocycles. The van der Waals surface area contributed by atoms with Gasteiger partial charge in [-0.15, -0.1) is 0 Å². The van der Waals surface area contributed by atoms with Crippen LogP contribution in [0.2, 0.25) is 0 Å². The van der Waals surface area contributed by atoms with Crippen LogP contribution in [0.3, 0.4) is 0 Å². The molecule has 8 nitrogen and oxygen atoms in total. The molecule has 34 heavy (non-hydrogen) atoms. The van der Waals surface area contributed by atoms with Crippen LogP contribution in [-0.4, -0.2) is 30.8 Å². The number of esters is 1. The van der Waals surface area contributed by atoms with Crippen LogP contribution in [0.4, 0.5) is 0 Å². The van der Waals surface area contributed by atoms with Crippen LogP contribution in [0.5, 0.6) is 34.5 Å². The van der Waals surface area contributed by atoms with Crippen molar-refractivity contribution in [1.82, 2.24) is 0 Å². The summed E-state index contributed by atoms with van der Waals surface area (Å²) < 4.78 is 27.5. The largest absolute Gasteiger partial charge is 0.504 e. The van der Waals surface area contributed by atoms with Crippen LogP contribution in [0, 0.1) is 0 Å². The van der Waals surface area contributed by atoms with Crippen LogP contribution in [-0.2, 0) is 4.79 Å². The van der Waals surface area contributed by atoms with Crippen molar-refractivity contribution in [2.45, 2.75) is 12.3 Å². The number of rotatable bonds is 3. The second kappa shape index (κ2) is 7.55. The summed E-state index contributed by atoms with van der Waals surface area (Å²) in [7, 11) is 1.46. The molecule has 3 aliphatic heterocycles. The van der Waals surface area contributed by atoms with Crippen molar-refractivity contribution in [3.05, 3.63) is 76.5 Å². The van der Waals surface area contributed by atoms with Gasteiger partial charge in [0, 0.05) is 11.5 Å². The number of carbonyl (C=O) groups is 2. The van der Waals surface area contributed by atoms with E-state index in [4.69, 9.17) is 23.7 Å². The molecule has 1 atom stereocenters. The first-order chi connectivity index (χ1) is 16.5. The molecule has 3 aromatic rings. The molecule has 0 radical (unpaired) electrons. The fourth-order valence-electron chi connectivity index (χ4n) is 4.47. The van der Waals surface area contributed by atoms with Crippen LogP contribution in [0.15, 0.2) is 54.3 Å². The average Bonchev–Trinajstić information content (AvgIpc) is 3.42. The van der Waals surface area contributed by atoms with Gasteiger partial charge in [-0.25, -0.2) is 0 Å². The molecule has 170 valence electrons. The molecular weight excluding hydrogens is 440 g/mol. The van der Waals surface area contributed by atoms with Crippen molar-refractivity contribution in [1.29, 1.82) is 0 Å². The van der Waals surface area contributed by atoms with Crippen molar-refractivity contribution in [2.75, 3.05) is 13.9 Å². The Bertz CT molecular complexity index is 1400. The van der Waals surface area contributed by atoms with E-state index in [2.05, 4.69) is 0 Å². The van der Waals surface area contributed by atoms with Crippen molar-refractivity contribution in [3.63, 3.8) is 0 Å². The highest BCUT2D eigenvalue weighted by Crippen LogP contribution is 2.50. The highest BCUT2D eigenvalue weighted by atomic mass is 16.7. The van der Waals surface area contributed by atoms with Crippen LogP contribution >= 0.6 is 0 Å². The summed E-state index contributed by atoms with van der Waals surface area (Å²) in [5.41, 5.74) is 2.41. The van der Waals surface area contributed by atoms with Crippen molar-refractivity contribution < 1.29 is 38.4 Å². The van der Waals surface area contributed by atoms with E-state index in [-0.39, 0.29) is 36.5 Å². The Morgan fingerprint density at radius 2 is 1.79 bits per heavy atom. The summed E-state index contributed by atoms with van der Waals surface area (Å²) in [6.07, 6.45) is 1.64. The third-order valence-corrected chi connectivity index (χ3v) is 6.08. The summed E-state index contributed by atoms with van der Waals surface area (Å²) in [6, 6.07) is 13.5. The predicted octanol–water partition coefficient (Wildman–Crippen LogP) is 4.19. The fraction of sp³-hybridized carbons (Fsp3) is 0.154. The zero-order chi connectivity index (χ0) is 23.4. The molecule has 0 saturated heterocycles. The van der Waals surface area contributed by atoms with Crippen molar-refractivity contribution in [3.8, 4) is 34.5 Å². The topological polar surface area (TPSA) is 101 Å². The smallest absolute Gasteiger partial charge is 0.312 e. The number of Topliss-reactive ketones (excluding diaryl/α,β-unsaturated/α-hetero) is 1. The zero-order valence-corrected chi connectivity index (χ0v) is 18.0. The van der Waals surface area contributed by atoms with Gasteiger partial charge in [0.1, 0.15) is 11.5 Å². The van der Waals surface area contributed by atoms with E-state index in [9.17, 15) is 14.7 Å². The van der Waals surface area contributed by atoms with E-state index in [0.717, 1.165) is 5.56 Å². The van der Waals surface area contributed by atoms with Gasteiger partial charge >= 0.3 is 5.97 Å². The standard InChI is InChI=1S/C26H18O8/c1-30-18-5-2-13(8-17(18)27)9-22-25(29)15-4-7-20-24(26(15)34-22)16(11-23(28)33-20)14-3-6-19-21(10-14)32-12-31-19/h2-10,16,27H,11-12H2,1H3. The third kappa shape index (κ3) is 3.14. The summed E-state index contributed by atoms with van der Waals surface area (Å²) in [5, 5.41) is 10.1. The number of methoxy groups -OCH3 is 1. The second-order valence-electron chi connectivity index (χ2n) is 8.07. The molecule has 3 aliphatic rings. The van der Waals surface area contributed by atoms with Crippen LogP contribution in [0.25, 0.3) is 6.08 Å². The minimum atomic E-state index is -0.391. The van der Waals surface area contributed by atoms with Gasteiger partial charge in [-0.3, -0.25) is 9.59 Å². The van der Waals surface area contributed by atoms with E-state index >= 15 is 0 Å². The number of ether oxygens (including phenoxy) is 5. The molecule has 0 aromatic heterocycles. The Kier molecular flexibility index (Phi) is 4.48. The molecule has 0 aliphatic carbocycles. The zero-order valence-electron chi connectivity index (χ0n) is 18.0. The van der Waals surface area contributed by atoms with Crippen molar-refractivity contribution in [2.24, 2.45) is 0 Å². The van der Waals surface area contributed by atoms with Crippen LogP contribution < -0.4 is 23.7 Å². The van der Waals surface area contributed by atoms with E-state index in [1.165, 1.54) is 13.2 Å². The summed E-state index contributed by atoms with van der Waals surface area (Å²) in [4.78, 5) is 25.5. The molecule has 1 unspecified atom stereocenters. The molecular formula is C26H18O8. The predicted molar refractivity (Wildman–Crippen MR) is 119 cm³/mol. The van der Waals surface area contributed by atoms with Gasteiger partial charge in [-0.05, 0) is 53.6 Å². The number of ketones is 1. The first-order valence-electron chi connectivity index (χ1n) is 10.6. The summed E-state index contributed by atoms with van der Waals surface area (Å²) >= 11 is 0. The maximum absolute atomic E-state index is 13.1. The lowest BCUT2D eigenvalue weighted by atomic mass is 9.84. The van der Waals surface area contributed by atoms with Gasteiger partial charge in [-0.1, -0.05) is 12.1 Å². The maximum atomic E-state index is 13.1. The SMILES string of the molecule is COc1ccc(C=C2Oc3c(ccc4c3C(c3ccc5c(c3)OCO5)CC(=O)O4)C2=O)cc1O. The molecule has 8 heteroatoms. The average molecular weight is 458 g/mol. The lowest BCUT2D eigenvalue weighted by Crippen LogP contribution is -2.21. The number of hydrogen-bond acceptors (Lipinski definition) is 8. The van der Waals surface area contributed by atoms with Gasteiger partial charge in [-0.2, -0.15) is 0 Å². The normalized spacial score (nSPS) is 18.9. The van der Waals surface area contributed by atoms with E-state index in [1.54, 1.807) is 36.4 Å². The quantitative estimate of drug-likeness (QED) is 0.354. The number of phenols is 1. The Labute approximate surface area is 193 Å². The van der Waals surface area contributed by atoms with Crippen LogP contribution in [0.1, 0.15) is 39.4 Å². The maximum Gasteiger partial charge on any atom is 0.312 e. The van der Waals surface area contributed by atoms with E-state index in [1.807, 2.05) is 12.1 Å². The number of carbonyl (C=O) groups excluding carboxylic acids is 2. The molecule has 6 rings (SSSR count). The Balaban J connectivity index is 1.42. The van der Waals surface area contributed by atoms with Gasteiger partial charge in [0.2, 0.25) is 12.6 Å². The fourth-order valence-corrected chi connectivity index (χ4v) is 4.47. The van der Waals surface area contributed by atoms with Crippen molar-refractivity contribution >= 4 is 17.8 Å². The number of benzene rings is 3. The molecule has 1 N–H and O–H groups in total. The molecule has 0 bridgehead atoms. The molecule has 0 amide bonds. The lowest BCUT2D eigenvalue weighted by molar-refractivity contribution is -0.135. The Morgan fingerprint density at radius 3 is 2.62 bits per heavy atom. The molecule has 3 aromatic carbocycles. The molecule has 3 heterocycles. The summed E-state index contributed by atoms with van der Waals surface area (Å²) in [6.45, 7) is 0.143. The monoisotopic (exact) mass is 458 g/mol. The van der Waals surface area contributed by atoms with Gasteiger partial charge in [0.15, 0.2) is 28.8 Å². The van der Waals surface area contributed by atoms with Gasteiger partial charge in [0.25, 0.3) is 0 Å². The number of fused-ring (bicyclic) bond motifs is 4. The number of allylic oxidation sites excluding steroid dienone is 1. The van der Waals surface area contributed by atoms with E-state index < -0.39 is 5.92 Å².